The molecule has 1 N–H and O–H groups in total. The van der Waals surface area contributed by atoms with Gasteiger partial charge in [0, 0.05) is 5.02 Å². The number of amides is 3. The van der Waals surface area contributed by atoms with Gasteiger partial charge in [0.1, 0.15) is 5.75 Å². The van der Waals surface area contributed by atoms with Crippen LogP contribution < -0.4 is 15.0 Å². The molecule has 2 aliphatic rings. The van der Waals surface area contributed by atoms with Crippen LogP contribution >= 0.6 is 11.6 Å². The summed E-state index contributed by atoms with van der Waals surface area (Å²) in [5, 5.41) is 3.01. The molecule has 0 spiro atoms. The second kappa shape index (κ2) is 11.3. The molecule has 39 heavy (non-hydrogen) atoms. The van der Waals surface area contributed by atoms with Gasteiger partial charge in [-0.25, -0.2) is 4.79 Å². The van der Waals surface area contributed by atoms with Gasteiger partial charge in [0.15, 0.2) is 6.61 Å². The predicted molar refractivity (Wildman–Crippen MR) is 146 cm³/mol. The number of methoxy groups -OCH3 is 1. The van der Waals surface area contributed by atoms with Gasteiger partial charge in [-0.2, -0.15) is 0 Å². The number of nitrogens with zero attached hydrogens (tertiary/aromatic N) is 1. The lowest BCUT2D eigenvalue weighted by Gasteiger charge is -2.28. The number of esters is 1. The van der Waals surface area contributed by atoms with Crippen LogP contribution in [-0.2, 0) is 19.1 Å². The number of imide groups is 1. The lowest BCUT2D eigenvalue weighted by atomic mass is 9.73. The maximum absolute atomic E-state index is 13.3. The Balaban J connectivity index is 1.20. The summed E-state index contributed by atoms with van der Waals surface area (Å²) >= 11 is 5.97. The van der Waals surface area contributed by atoms with Crippen LogP contribution in [0.5, 0.6) is 5.75 Å². The van der Waals surface area contributed by atoms with Gasteiger partial charge in [-0.1, -0.05) is 41.9 Å². The monoisotopic (exact) mass is 546 g/mol. The molecule has 2 fully saturated rings. The topological polar surface area (TPSA) is 102 Å². The van der Waals surface area contributed by atoms with E-state index < -0.39 is 18.5 Å². The first-order chi connectivity index (χ1) is 18.9. The maximum Gasteiger partial charge on any atom is 0.338 e. The number of benzene rings is 3. The van der Waals surface area contributed by atoms with Gasteiger partial charge >= 0.3 is 5.97 Å². The molecule has 1 saturated carbocycles. The van der Waals surface area contributed by atoms with Gasteiger partial charge in [0.2, 0.25) is 11.8 Å². The van der Waals surface area contributed by atoms with E-state index in [4.69, 9.17) is 21.1 Å². The Morgan fingerprint density at radius 3 is 2.38 bits per heavy atom. The number of anilines is 2. The second-order valence-corrected chi connectivity index (χ2v) is 10.1. The largest absolute Gasteiger partial charge is 0.495 e. The van der Waals surface area contributed by atoms with E-state index in [0.29, 0.717) is 35.0 Å². The smallest absolute Gasteiger partial charge is 0.338 e. The molecule has 200 valence electrons. The summed E-state index contributed by atoms with van der Waals surface area (Å²) in [5.74, 6) is -1.68. The third-order valence-electron chi connectivity index (χ3n) is 7.33. The van der Waals surface area contributed by atoms with Crippen molar-refractivity contribution in [2.75, 3.05) is 23.9 Å². The number of fused-ring (bicyclic) bond motifs is 1. The number of nitrogens with one attached hydrogen (secondary N) is 1. The van der Waals surface area contributed by atoms with Crippen LogP contribution in [0.1, 0.15) is 41.1 Å². The quantitative estimate of drug-likeness (QED) is 0.322. The second-order valence-electron chi connectivity index (χ2n) is 9.66. The molecule has 3 aromatic rings. The highest BCUT2D eigenvalue weighted by molar-refractivity contribution is 6.31. The van der Waals surface area contributed by atoms with Crippen molar-refractivity contribution in [1.29, 1.82) is 0 Å². The van der Waals surface area contributed by atoms with Gasteiger partial charge in [0.25, 0.3) is 5.91 Å². The molecule has 1 aliphatic carbocycles. The number of ether oxygens (including phenoxy) is 2. The number of carbonyl (C=O) groups excluding carboxylic acids is 4. The van der Waals surface area contributed by atoms with E-state index in [2.05, 4.69) is 17.4 Å². The molecule has 3 aromatic carbocycles. The SMILES string of the molecule is COc1ccc(Cl)cc1NC(=O)COC(=O)c1ccc(N2C(=O)[C@H]3C[C@H](c4ccccc4)CC[C@H]3C2=O)cc1. The molecule has 3 amide bonds. The standard InChI is InChI=1S/C30H27ClN2O6/c1-38-26-14-10-21(31)16-25(26)32-27(34)17-39-30(37)19-7-11-22(12-8-19)33-28(35)23-13-9-20(15-24(23)29(33)36)18-5-3-2-4-6-18/h2-8,10-12,14,16,20,23-24H,9,13,15,17H2,1H3,(H,32,34)/t20-,23-,24+/m1/s1. The number of rotatable bonds is 7. The zero-order valence-electron chi connectivity index (χ0n) is 21.3. The van der Waals surface area contributed by atoms with Gasteiger partial charge in [-0.05, 0) is 73.2 Å². The molecule has 0 aromatic heterocycles. The Labute approximate surface area is 230 Å². The first kappa shape index (κ1) is 26.4. The summed E-state index contributed by atoms with van der Waals surface area (Å²) in [7, 11) is 1.46. The highest BCUT2D eigenvalue weighted by Crippen LogP contribution is 2.45. The Morgan fingerprint density at radius 1 is 0.949 bits per heavy atom. The van der Waals surface area contributed by atoms with E-state index in [9.17, 15) is 19.2 Å². The Kier molecular flexibility index (Phi) is 7.65. The Morgan fingerprint density at radius 2 is 1.67 bits per heavy atom. The fourth-order valence-corrected chi connectivity index (χ4v) is 5.56. The van der Waals surface area contributed by atoms with Crippen LogP contribution in [0.4, 0.5) is 11.4 Å². The first-order valence-electron chi connectivity index (χ1n) is 12.7. The van der Waals surface area contributed by atoms with Gasteiger partial charge in [-0.3, -0.25) is 19.3 Å². The molecule has 9 heteroatoms. The average molecular weight is 547 g/mol. The van der Waals surface area contributed by atoms with Crippen molar-refractivity contribution in [3.63, 3.8) is 0 Å². The molecule has 0 unspecified atom stereocenters. The minimum absolute atomic E-state index is 0.188. The van der Waals surface area contributed by atoms with Crippen molar-refractivity contribution in [1.82, 2.24) is 0 Å². The minimum atomic E-state index is -0.715. The van der Waals surface area contributed by atoms with Crippen LogP contribution in [-0.4, -0.2) is 37.4 Å². The third-order valence-corrected chi connectivity index (χ3v) is 7.56. The lowest BCUT2D eigenvalue weighted by Crippen LogP contribution is -2.30. The van der Waals surface area contributed by atoms with Gasteiger partial charge < -0.3 is 14.8 Å². The van der Waals surface area contributed by atoms with Gasteiger partial charge in [-0.15, -0.1) is 0 Å². The molecule has 0 bridgehead atoms. The highest BCUT2D eigenvalue weighted by Gasteiger charge is 2.50. The molecule has 3 atom stereocenters. The van der Waals surface area contributed by atoms with Crippen molar-refractivity contribution in [2.24, 2.45) is 11.8 Å². The molecular formula is C30H27ClN2O6. The minimum Gasteiger partial charge on any atom is -0.495 e. The summed E-state index contributed by atoms with van der Waals surface area (Å²) in [6, 6.07) is 20.9. The highest BCUT2D eigenvalue weighted by atomic mass is 35.5. The molecule has 1 aliphatic heterocycles. The lowest BCUT2D eigenvalue weighted by molar-refractivity contribution is -0.122. The summed E-state index contributed by atoms with van der Waals surface area (Å²) < 4.78 is 10.3. The van der Waals surface area contributed by atoms with E-state index in [0.717, 1.165) is 6.42 Å². The van der Waals surface area contributed by atoms with E-state index in [1.165, 1.54) is 35.8 Å². The number of carbonyl (C=O) groups is 4. The first-order valence-corrected chi connectivity index (χ1v) is 13.1. The van der Waals surface area contributed by atoms with Crippen molar-refractivity contribution in [3.05, 3.63) is 88.9 Å². The van der Waals surface area contributed by atoms with E-state index in [1.54, 1.807) is 24.3 Å². The molecule has 5 rings (SSSR count). The number of hydrogen-bond donors (Lipinski definition) is 1. The van der Waals surface area contributed by atoms with Crippen LogP contribution in [0, 0.1) is 11.8 Å². The van der Waals surface area contributed by atoms with Gasteiger partial charge in [0.05, 0.1) is 35.9 Å². The van der Waals surface area contributed by atoms with Crippen LogP contribution in [0.3, 0.4) is 0 Å². The zero-order valence-corrected chi connectivity index (χ0v) is 22.0. The number of hydrogen-bond acceptors (Lipinski definition) is 6. The molecule has 1 heterocycles. The Bertz CT molecular complexity index is 1410. The van der Waals surface area contributed by atoms with E-state index in [1.807, 2.05) is 18.2 Å². The number of halogens is 1. The summed E-state index contributed by atoms with van der Waals surface area (Å²) in [5.41, 5.74) is 2.15. The van der Waals surface area contributed by atoms with Crippen LogP contribution in [0.2, 0.25) is 5.02 Å². The third kappa shape index (κ3) is 5.52. The van der Waals surface area contributed by atoms with E-state index in [-0.39, 0.29) is 35.1 Å². The van der Waals surface area contributed by atoms with Crippen molar-refractivity contribution in [3.8, 4) is 5.75 Å². The fraction of sp³-hybridized carbons (Fsp3) is 0.267. The predicted octanol–water partition coefficient (Wildman–Crippen LogP) is 5.22. The molecule has 1 saturated heterocycles. The van der Waals surface area contributed by atoms with Crippen LogP contribution in [0.15, 0.2) is 72.8 Å². The fourth-order valence-electron chi connectivity index (χ4n) is 5.39. The summed E-state index contributed by atoms with van der Waals surface area (Å²) in [6.07, 6.45) is 2.17. The normalized spacial score (nSPS) is 20.4. The van der Waals surface area contributed by atoms with Crippen LogP contribution in [0.25, 0.3) is 0 Å². The van der Waals surface area contributed by atoms with Crippen molar-refractivity contribution in [2.45, 2.75) is 25.2 Å². The van der Waals surface area contributed by atoms with Crippen molar-refractivity contribution < 1.29 is 28.7 Å². The zero-order chi connectivity index (χ0) is 27.5. The summed E-state index contributed by atoms with van der Waals surface area (Å²) in [4.78, 5) is 52.5. The Hall–Kier alpha value is -4.17. The average Bonchev–Trinajstić information content (AvgIpc) is 3.21. The molecule has 8 nitrogen and oxygen atoms in total. The van der Waals surface area contributed by atoms with Crippen molar-refractivity contribution >= 4 is 46.7 Å². The summed E-state index contributed by atoms with van der Waals surface area (Å²) in [6.45, 7) is -0.523. The van der Waals surface area contributed by atoms with E-state index >= 15 is 0 Å². The maximum atomic E-state index is 13.3. The molecule has 0 radical (unpaired) electrons. The molecular weight excluding hydrogens is 520 g/mol.